The van der Waals surface area contributed by atoms with Crippen molar-refractivity contribution in [1.82, 2.24) is 10.6 Å². The Hall–Kier alpha value is -2.59. The van der Waals surface area contributed by atoms with Gasteiger partial charge in [0, 0.05) is 11.7 Å². The Morgan fingerprint density at radius 3 is 2.05 bits per heavy atom. The molecule has 2 unspecified atom stereocenters. The summed E-state index contributed by atoms with van der Waals surface area (Å²) >= 11 is 1.34. The zero-order valence-electron chi connectivity index (χ0n) is 20.6. The smallest absolute Gasteiger partial charge is 0.321 e. The summed E-state index contributed by atoms with van der Waals surface area (Å²) < 4.78 is 0. The molecule has 0 spiro atoms. The third-order valence-electron chi connectivity index (χ3n) is 5.76. The molecule has 8 atom stereocenters. The molecule has 13 nitrogen and oxygen atoms in total. The molecule has 0 saturated carbocycles. The van der Waals surface area contributed by atoms with E-state index in [1.54, 1.807) is 19.2 Å². The maximum Gasteiger partial charge on any atom is 0.321 e. The van der Waals surface area contributed by atoms with E-state index in [1.165, 1.54) is 36.0 Å². The molecular formula is C23H36N4O9S. The maximum atomic E-state index is 12.8. The quantitative estimate of drug-likeness (QED) is 0.100. The van der Waals surface area contributed by atoms with E-state index in [9.17, 15) is 44.7 Å². The molecule has 1 aromatic rings. The highest BCUT2D eigenvalue weighted by Crippen LogP contribution is 2.25. The van der Waals surface area contributed by atoms with Crippen molar-refractivity contribution in [1.29, 1.82) is 0 Å². The van der Waals surface area contributed by atoms with Crippen molar-refractivity contribution in [3.8, 4) is 0 Å². The van der Waals surface area contributed by atoms with Crippen LogP contribution in [0.25, 0.3) is 0 Å². The van der Waals surface area contributed by atoms with Crippen molar-refractivity contribution in [2.75, 3.05) is 18.6 Å². The van der Waals surface area contributed by atoms with E-state index in [2.05, 4.69) is 10.6 Å². The van der Waals surface area contributed by atoms with Gasteiger partial charge in [0.15, 0.2) is 5.78 Å². The molecule has 37 heavy (non-hydrogen) atoms. The molecular weight excluding hydrogens is 508 g/mol. The lowest BCUT2D eigenvalue weighted by molar-refractivity contribution is -0.148. The first-order valence-electron chi connectivity index (χ1n) is 11.5. The van der Waals surface area contributed by atoms with Crippen molar-refractivity contribution < 1.29 is 44.7 Å². The standard InChI is InChI=1S/C23H36N4O9S/c1-3-13(26-21(33)12(24)10-37-2)22(34)27-14(9-28)17(29)19(31)20(32)18(30)15(16(25)23(35)36)11-7-5-4-6-8-11/h4-8,12-19,28-31H,3,9-10,24-25H2,1-2H3,(H,26,33)(H,27,34)(H,35,36)/t12-,13-,14-,15?,16-,17+,18?,19+/m0/s1. The SMILES string of the molecule is CC[C@H](NC(=O)[C@@H](N)CSC)C(=O)N[C@@H](CO)[C@@H](O)[C@@H](O)C(=O)C(O)C(c1ccccc1)[C@H](N)C(=O)O. The molecule has 0 heterocycles. The van der Waals surface area contributed by atoms with Crippen LogP contribution in [-0.2, 0) is 19.2 Å². The second-order valence-electron chi connectivity index (χ2n) is 8.41. The van der Waals surface area contributed by atoms with Crippen LogP contribution < -0.4 is 22.1 Å². The van der Waals surface area contributed by atoms with Gasteiger partial charge in [0.25, 0.3) is 0 Å². The number of hydrogen-bond donors (Lipinski definition) is 9. The van der Waals surface area contributed by atoms with Gasteiger partial charge in [-0.3, -0.25) is 19.2 Å². The minimum atomic E-state index is -2.33. The maximum absolute atomic E-state index is 12.8. The molecule has 0 fully saturated rings. The second kappa shape index (κ2) is 15.6. The molecule has 208 valence electrons. The summed E-state index contributed by atoms with van der Waals surface area (Å²) in [4.78, 5) is 49.1. The Kier molecular flexibility index (Phi) is 13.7. The van der Waals surface area contributed by atoms with E-state index in [-0.39, 0.29) is 12.0 Å². The monoisotopic (exact) mass is 544 g/mol. The van der Waals surface area contributed by atoms with Gasteiger partial charge in [-0.05, 0) is 18.2 Å². The topological polar surface area (TPSA) is 246 Å². The zero-order valence-corrected chi connectivity index (χ0v) is 21.4. The van der Waals surface area contributed by atoms with E-state index in [0.29, 0.717) is 5.75 Å². The average molecular weight is 545 g/mol. The summed E-state index contributed by atoms with van der Waals surface area (Å²) in [6.07, 6.45) is -4.69. The normalized spacial score (nSPS) is 17.8. The van der Waals surface area contributed by atoms with Crippen LogP contribution in [0.15, 0.2) is 30.3 Å². The van der Waals surface area contributed by atoms with Crippen LogP contribution in [0.1, 0.15) is 24.8 Å². The van der Waals surface area contributed by atoms with E-state index >= 15 is 0 Å². The highest BCUT2D eigenvalue weighted by atomic mass is 32.2. The number of aliphatic hydroxyl groups excluding tert-OH is 4. The van der Waals surface area contributed by atoms with Gasteiger partial charge in [0.05, 0.1) is 18.7 Å². The molecule has 1 rings (SSSR count). The molecule has 0 aliphatic carbocycles. The minimum absolute atomic E-state index is 0.129. The van der Waals surface area contributed by atoms with E-state index in [4.69, 9.17) is 11.5 Å². The summed E-state index contributed by atoms with van der Waals surface area (Å²) in [6.45, 7) is 0.680. The summed E-state index contributed by atoms with van der Waals surface area (Å²) in [7, 11) is 0. The third-order valence-corrected chi connectivity index (χ3v) is 6.46. The zero-order chi connectivity index (χ0) is 28.3. The van der Waals surface area contributed by atoms with Gasteiger partial charge in [-0.2, -0.15) is 11.8 Å². The lowest BCUT2D eigenvalue weighted by Gasteiger charge is -2.31. The van der Waals surface area contributed by atoms with Crippen LogP contribution >= 0.6 is 11.8 Å². The Labute approximate surface area is 218 Å². The van der Waals surface area contributed by atoms with E-state index < -0.39 is 78.6 Å². The highest BCUT2D eigenvalue weighted by Gasteiger charge is 2.42. The number of nitrogens with two attached hydrogens (primary N) is 2. The van der Waals surface area contributed by atoms with Crippen molar-refractivity contribution in [2.45, 2.75) is 61.7 Å². The van der Waals surface area contributed by atoms with Gasteiger partial charge in [0.2, 0.25) is 11.8 Å². The van der Waals surface area contributed by atoms with Crippen molar-refractivity contribution in [3.05, 3.63) is 35.9 Å². The molecule has 11 N–H and O–H groups in total. The fraction of sp³-hybridized carbons (Fsp3) is 0.565. The molecule has 0 aromatic heterocycles. The second-order valence-corrected chi connectivity index (χ2v) is 9.32. The van der Waals surface area contributed by atoms with Crippen LogP contribution in [0.5, 0.6) is 0 Å². The number of ketones is 1. The summed E-state index contributed by atoms with van der Waals surface area (Å²) in [6, 6.07) is 2.31. The molecule has 0 radical (unpaired) electrons. The van der Waals surface area contributed by atoms with Gasteiger partial charge in [-0.15, -0.1) is 0 Å². The molecule has 0 bridgehead atoms. The number of benzene rings is 1. The highest BCUT2D eigenvalue weighted by molar-refractivity contribution is 7.98. The molecule has 1 aromatic carbocycles. The molecule has 14 heteroatoms. The first kappa shape index (κ1) is 32.4. The molecule has 0 aliphatic rings. The van der Waals surface area contributed by atoms with Crippen LogP contribution in [0, 0.1) is 0 Å². The number of amides is 2. The van der Waals surface area contributed by atoms with E-state index in [1.807, 2.05) is 0 Å². The van der Waals surface area contributed by atoms with Crippen molar-refractivity contribution in [3.63, 3.8) is 0 Å². The summed E-state index contributed by atoms with van der Waals surface area (Å²) in [5.41, 5.74) is 11.6. The Balaban J connectivity index is 3.01. The number of rotatable bonds is 16. The van der Waals surface area contributed by atoms with Gasteiger partial charge in [0.1, 0.15) is 30.4 Å². The fourth-order valence-corrected chi connectivity index (χ4v) is 4.08. The number of aliphatic carboxylic acids is 1. The third kappa shape index (κ3) is 9.03. The average Bonchev–Trinajstić information content (AvgIpc) is 2.89. The van der Waals surface area contributed by atoms with Crippen LogP contribution in [-0.4, -0.2) is 110 Å². The number of aliphatic hydroxyl groups is 4. The predicted octanol–water partition coefficient (Wildman–Crippen LogP) is -3.10. The summed E-state index contributed by atoms with van der Waals surface area (Å²) in [5, 5.41) is 55.4. The van der Waals surface area contributed by atoms with Crippen LogP contribution in [0.4, 0.5) is 0 Å². The van der Waals surface area contributed by atoms with Crippen molar-refractivity contribution in [2.24, 2.45) is 11.5 Å². The van der Waals surface area contributed by atoms with Crippen LogP contribution in [0.2, 0.25) is 0 Å². The Morgan fingerprint density at radius 1 is 0.973 bits per heavy atom. The summed E-state index contributed by atoms with van der Waals surface area (Å²) in [5.74, 6) is -5.44. The number of Topliss-reactive ketones (excluding diaryl/α,β-unsaturated/α-hetero) is 1. The number of thioether (sulfide) groups is 1. The van der Waals surface area contributed by atoms with Crippen LogP contribution in [0.3, 0.4) is 0 Å². The minimum Gasteiger partial charge on any atom is -0.480 e. The lowest BCUT2D eigenvalue weighted by atomic mass is 9.83. The molecule has 0 aliphatic heterocycles. The molecule has 2 amide bonds. The number of carbonyl (C=O) groups is 4. The first-order valence-corrected chi connectivity index (χ1v) is 12.9. The Bertz CT molecular complexity index is 907. The van der Waals surface area contributed by atoms with Gasteiger partial charge in [-0.1, -0.05) is 37.3 Å². The number of hydrogen-bond acceptors (Lipinski definition) is 11. The predicted molar refractivity (Wildman–Crippen MR) is 135 cm³/mol. The molecule has 0 saturated heterocycles. The fourth-order valence-electron chi connectivity index (χ4n) is 3.56. The first-order chi connectivity index (χ1) is 17.4. The van der Waals surface area contributed by atoms with Gasteiger partial charge >= 0.3 is 5.97 Å². The Morgan fingerprint density at radius 2 is 1.57 bits per heavy atom. The number of carboxylic acids is 1. The van der Waals surface area contributed by atoms with Gasteiger partial charge in [-0.25, -0.2) is 0 Å². The van der Waals surface area contributed by atoms with Crippen molar-refractivity contribution >= 4 is 35.3 Å². The largest absolute Gasteiger partial charge is 0.480 e. The number of carbonyl (C=O) groups excluding carboxylic acids is 3. The lowest BCUT2D eigenvalue weighted by Crippen LogP contribution is -2.59. The number of nitrogens with one attached hydrogen (secondary N) is 2. The van der Waals surface area contributed by atoms with Gasteiger partial charge < -0.3 is 47.6 Å². The number of carboxylic acid groups (broad SMARTS) is 1. The van der Waals surface area contributed by atoms with E-state index in [0.717, 1.165) is 0 Å².